The summed E-state index contributed by atoms with van der Waals surface area (Å²) in [6, 6.07) is 12.8. The van der Waals surface area contributed by atoms with E-state index in [1.165, 1.54) is 5.56 Å². The molecule has 0 saturated carbocycles. The summed E-state index contributed by atoms with van der Waals surface area (Å²) in [5, 5.41) is 11.9. The van der Waals surface area contributed by atoms with E-state index in [-0.39, 0.29) is 0 Å². The summed E-state index contributed by atoms with van der Waals surface area (Å²) in [5.74, 6) is 0.881. The predicted octanol–water partition coefficient (Wildman–Crippen LogP) is 3.37. The Morgan fingerprint density at radius 2 is 1.81 bits per heavy atom. The highest BCUT2D eigenvalue weighted by Gasteiger charge is 2.05. The molecule has 4 nitrogen and oxygen atoms in total. The van der Waals surface area contributed by atoms with E-state index in [1.54, 1.807) is 0 Å². The summed E-state index contributed by atoms with van der Waals surface area (Å²) in [4.78, 5) is 2.09. The van der Waals surface area contributed by atoms with Crippen LogP contribution in [0.1, 0.15) is 25.1 Å². The fourth-order valence-electron chi connectivity index (χ4n) is 1.90. The highest BCUT2D eigenvalue weighted by Crippen LogP contribution is 2.15. The molecule has 5 heteroatoms. The molecule has 2 aromatic rings. The topological polar surface area (TPSA) is 41.0 Å². The van der Waals surface area contributed by atoms with Crippen molar-refractivity contribution in [1.29, 1.82) is 0 Å². The third-order valence-electron chi connectivity index (χ3n) is 3.12. The lowest BCUT2D eigenvalue weighted by molar-refractivity contribution is 0.577. The fourth-order valence-corrected chi connectivity index (χ4v) is 2.17. The Bertz CT molecular complexity index is 551. The van der Waals surface area contributed by atoms with E-state index in [0.29, 0.717) is 6.04 Å². The van der Waals surface area contributed by atoms with Crippen LogP contribution in [0.25, 0.3) is 0 Å². The first-order valence-corrected chi connectivity index (χ1v) is 7.85. The smallest absolute Gasteiger partial charge is 0.151 e. The number of halogens is 1. The van der Waals surface area contributed by atoms with Crippen LogP contribution in [0, 0.1) is 0 Å². The molecule has 1 heterocycles. The minimum atomic E-state index is 0.451. The predicted molar refractivity (Wildman–Crippen MR) is 90.3 cm³/mol. The van der Waals surface area contributed by atoms with E-state index in [4.69, 9.17) is 0 Å². The van der Waals surface area contributed by atoms with Gasteiger partial charge in [0, 0.05) is 30.7 Å². The summed E-state index contributed by atoms with van der Waals surface area (Å²) in [5.41, 5.74) is 2.21. The lowest BCUT2D eigenvalue weighted by atomic mass is 10.2. The molecule has 0 atom stereocenters. The number of hydrogen-bond donors (Lipinski definition) is 1. The second kappa shape index (κ2) is 7.52. The van der Waals surface area contributed by atoms with Gasteiger partial charge in [0.2, 0.25) is 0 Å². The molecular formula is C16H21BrN4. The van der Waals surface area contributed by atoms with Crippen molar-refractivity contribution in [2.24, 2.45) is 0 Å². The van der Waals surface area contributed by atoms with Gasteiger partial charge in [-0.3, -0.25) is 0 Å². The Labute approximate surface area is 134 Å². The number of benzene rings is 1. The average molecular weight is 349 g/mol. The molecule has 21 heavy (non-hydrogen) atoms. The van der Waals surface area contributed by atoms with E-state index in [9.17, 15) is 0 Å². The van der Waals surface area contributed by atoms with Crippen molar-refractivity contribution < 1.29 is 0 Å². The first kappa shape index (κ1) is 15.9. The molecule has 1 aromatic heterocycles. The minimum absolute atomic E-state index is 0.451. The molecule has 1 aromatic carbocycles. The molecule has 0 bridgehead atoms. The van der Waals surface area contributed by atoms with Gasteiger partial charge in [-0.2, -0.15) is 5.10 Å². The third-order valence-corrected chi connectivity index (χ3v) is 3.65. The number of nitrogens with zero attached hydrogens (tertiary/aromatic N) is 3. The van der Waals surface area contributed by atoms with Crippen LogP contribution in [0.4, 0.5) is 5.82 Å². The molecule has 0 aliphatic carbocycles. The molecule has 2 rings (SSSR count). The van der Waals surface area contributed by atoms with Crippen molar-refractivity contribution >= 4 is 21.7 Å². The van der Waals surface area contributed by atoms with Crippen molar-refractivity contribution in [2.45, 2.75) is 33.0 Å². The summed E-state index contributed by atoms with van der Waals surface area (Å²) < 4.78 is 1.09. The number of aromatic nitrogens is 2. The zero-order valence-electron chi connectivity index (χ0n) is 12.7. The van der Waals surface area contributed by atoms with Crippen molar-refractivity contribution in [1.82, 2.24) is 15.5 Å². The summed E-state index contributed by atoms with van der Waals surface area (Å²) in [7, 11) is 2.03. The molecule has 1 N–H and O–H groups in total. The lowest BCUT2D eigenvalue weighted by Gasteiger charge is -2.18. The van der Waals surface area contributed by atoms with Gasteiger partial charge in [-0.05, 0) is 29.8 Å². The van der Waals surface area contributed by atoms with E-state index in [1.807, 2.05) is 19.2 Å². The molecule has 112 valence electrons. The van der Waals surface area contributed by atoms with Crippen molar-refractivity contribution in [3.63, 3.8) is 0 Å². The van der Waals surface area contributed by atoms with Crippen LogP contribution in [-0.4, -0.2) is 23.3 Å². The van der Waals surface area contributed by atoms with Crippen LogP contribution < -0.4 is 10.2 Å². The Morgan fingerprint density at radius 1 is 1.10 bits per heavy atom. The average Bonchev–Trinajstić information content (AvgIpc) is 2.48. The van der Waals surface area contributed by atoms with Gasteiger partial charge in [0.05, 0.1) is 5.69 Å². The zero-order chi connectivity index (χ0) is 15.2. The summed E-state index contributed by atoms with van der Waals surface area (Å²) >= 11 is 3.45. The van der Waals surface area contributed by atoms with Crippen LogP contribution in [0.2, 0.25) is 0 Å². The normalized spacial score (nSPS) is 10.9. The van der Waals surface area contributed by atoms with Crippen molar-refractivity contribution in [3.8, 4) is 0 Å². The van der Waals surface area contributed by atoms with E-state index in [0.717, 1.165) is 29.1 Å². The Hall–Kier alpha value is -1.46. The third kappa shape index (κ3) is 5.10. The van der Waals surface area contributed by atoms with Gasteiger partial charge in [0.15, 0.2) is 5.82 Å². The van der Waals surface area contributed by atoms with Gasteiger partial charge >= 0.3 is 0 Å². The van der Waals surface area contributed by atoms with Crippen LogP contribution in [0.3, 0.4) is 0 Å². The maximum Gasteiger partial charge on any atom is 0.151 e. The number of hydrogen-bond acceptors (Lipinski definition) is 4. The van der Waals surface area contributed by atoms with Crippen LogP contribution in [0.5, 0.6) is 0 Å². The lowest BCUT2D eigenvalue weighted by Crippen LogP contribution is -2.23. The zero-order valence-corrected chi connectivity index (χ0v) is 14.3. The molecule has 0 amide bonds. The Morgan fingerprint density at radius 3 is 2.38 bits per heavy atom. The standard InChI is InChI=1S/C16H21BrN4/c1-12(2)18-10-15-8-9-16(20-19-15)21(3)11-13-4-6-14(17)7-5-13/h4-9,12,18H,10-11H2,1-3H3. The van der Waals surface area contributed by atoms with Gasteiger partial charge in [-0.25, -0.2) is 0 Å². The SMILES string of the molecule is CC(C)NCc1ccc(N(C)Cc2ccc(Br)cc2)nn1. The molecule has 0 aliphatic heterocycles. The second-order valence-electron chi connectivity index (χ2n) is 5.40. The Balaban J connectivity index is 1.96. The molecule has 0 fully saturated rings. The van der Waals surface area contributed by atoms with Crippen molar-refractivity contribution in [2.75, 3.05) is 11.9 Å². The molecule has 0 radical (unpaired) electrons. The largest absolute Gasteiger partial charge is 0.354 e. The first-order chi connectivity index (χ1) is 10.0. The molecule has 0 aliphatic rings. The van der Waals surface area contributed by atoms with Gasteiger partial charge in [0.1, 0.15) is 0 Å². The van der Waals surface area contributed by atoms with Crippen molar-refractivity contribution in [3.05, 3.63) is 52.1 Å². The summed E-state index contributed by atoms with van der Waals surface area (Å²) in [6.07, 6.45) is 0. The first-order valence-electron chi connectivity index (χ1n) is 7.06. The van der Waals surface area contributed by atoms with E-state index < -0.39 is 0 Å². The molecular weight excluding hydrogens is 328 g/mol. The van der Waals surface area contributed by atoms with E-state index in [2.05, 4.69) is 74.5 Å². The van der Waals surface area contributed by atoms with Crippen LogP contribution in [-0.2, 0) is 13.1 Å². The fraction of sp³-hybridized carbons (Fsp3) is 0.375. The Kier molecular flexibility index (Phi) is 5.70. The van der Waals surface area contributed by atoms with E-state index >= 15 is 0 Å². The number of rotatable bonds is 6. The van der Waals surface area contributed by atoms with Gasteiger partial charge < -0.3 is 10.2 Å². The van der Waals surface area contributed by atoms with Gasteiger partial charge in [0.25, 0.3) is 0 Å². The molecule has 0 saturated heterocycles. The monoisotopic (exact) mass is 348 g/mol. The number of anilines is 1. The maximum atomic E-state index is 4.30. The van der Waals surface area contributed by atoms with Gasteiger partial charge in [-0.15, -0.1) is 5.10 Å². The quantitative estimate of drug-likeness (QED) is 0.868. The number of nitrogens with one attached hydrogen (secondary N) is 1. The molecule has 0 spiro atoms. The second-order valence-corrected chi connectivity index (χ2v) is 6.32. The highest BCUT2D eigenvalue weighted by atomic mass is 79.9. The maximum absolute atomic E-state index is 4.30. The van der Waals surface area contributed by atoms with Crippen LogP contribution in [0.15, 0.2) is 40.9 Å². The minimum Gasteiger partial charge on any atom is -0.354 e. The molecule has 0 unspecified atom stereocenters. The van der Waals surface area contributed by atoms with Gasteiger partial charge in [-0.1, -0.05) is 41.9 Å². The van der Waals surface area contributed by atoms with Crippen LogP contribution >= 0.6 is 15.9 Å². The summed E-state index contributed by atoms with van der Waals surface area (Å²) in [6.45, 7) is 5.80. The highest BCUT2D eigenvalue weighted by molar-refractivity contribution is 9.10.